The van der Waals surface area contributed by atoms with E-state index in [1.54, 1.807) is 38.1 Å². The summed E-state index contributed by atoms with van der Waals surface area (Å²) in [5, 5.41) is 0. The molecule has 0 aromatic heterocycles. The van der Waals surface area contributed by atoms with Crippen molar-refractivity contribution in [3.8, 4) is 0 Å². The van der Waals surface area contributed by atoms with E-state index >= 15 is 0 Å². The molecule has 2 aliphatic rings. The van der Waals surface area contributed by atoms with Gasteiger partial charge in [-0.1, -0.05) is 38.5 Å². The van der Waals surface area contributed by atoms with Gasteiger partial charge in [0.2, 0.25) is 0 Å². The Morgan fingerprint density at radius 3 is 2.31 bits per heavy atom. The average molecular weight is 196 g/mol. The first-order valence-corrected chi connectivity index (χ1v) is 9.75. The molecule has 2 bridgehead atoms. The Hall–Kier alpha value is 0.217. The second-order valence-electron chi connectivity index (χ2n) is 6.53. The molecule has 0 aromatic carbocycles. The minimum Gasteiger partial charge on any atom is -0.0695 e. The molecule has 0 heterocycles. The van der Waals surface area contributed by atoms with Crippen molar-refractivity contribution in [3.63, 3.8) is 0 Å². The van der Waals surface area contributed by atoms with Gasteiger partial charge in [0, 0.05) is 8.07 Å². The Labute approximate surface area is 84.1 Å². The molecule has 0 radical (unpaired) electrons. The first kappa shape index (κ1) is 9.76. The Balaban J connectivity index is 1.78. The summed E-state index contributed by atoms with van der Waals surface area (Å²) in [5.74, 6) is 3.45. The number of hydrogen-bond donors (Lipinski definition) is 0. The van der Waals surface area contributed by atoms with E-state index in [2.05, 4.69) is 19.6 Å². The molecular formula is C12H24Si. The van der Waals surface area contributed by atoms with Crippen molar-refractivity contribution in [2.24, 2.45) is 17.8 Å². The van der Waals surface area contributed by atoms with Crippen LogP contribution in [0.15, 0.2) is 0 Å². The summed E-state index contributed by atoms with van der Waals surface area (Å²) in [5.41, 5.74) is 0. The summed E-state index contributed by atoms with van der Waals surface area (Å²) in [7, 11) is -0.752. The van der Waals surface area contributed by atoms with Crippen molar-refractivity contribution in [2.75, 3.05) is 0 Å². The first-order chi connectivity index (χ1) is 6.04. The lowest BCUT2D eigenvalue weighted by atomic mass is 9.87. The molecule has 0 saturated heterocycles. The van der Waals surface area contributed by atoms with Crippen LogP contribution in [0.5, 0.6) is 0 Å². The highest BCUT2D eigenvalue weighted by Crippen LogP contribution is 2.50. The molecule has 0 aliphatic heterocycles. The monoisotopic (exact) mass is 196 g/mol. The third kappa shape index (κ3) is 2.37. The molecule has 2 rings (SSSR count). The summed E-state index contributed by atoms with van der Waals surface area (Å²) in [6, 6.07) is 1.57. The summed E-state index contributed by atoms with van der Waals surface area (Å²) < 4.78 is 0. The van der Waals surface area contributed by atoms with Gasteiger partial charge in [0.25, 0.3) is 0 Å². The molecule has 2 aliphatic carbocycles. The van der Waals surface area contributed by atoms with E-state index in [0.717, 1.165) is 17.8 Å². The molecule has 0 N–H and O–H groups in total. The average Bonchev–Trinajstić information content (AvgIpc) is 2.58. The summed E-state index contributed by atoms with van der Waals surface area (Å²) in [4.78, 5) is 0. The van der Waals surface area contributed by atoms with Crippen LogP contribution < -0.4 is 0 Å². The largest absolute Gasteiger partial charge is 0.0695 e. The van der Waals surface area contributed by atoms with Gasteiger partial charge in [-0.3, -0.25) is 0 Å². The van der Waals surface area contributed by atoms with E-state index in [4.69, 9.17) is 0 Å². The fourth-order valence-electron chi connectivity index (χ4n) is 3.35. The van der Waals surface area contributed by atoms with E-state index in [0.29, 0.717) is 0 Å². The number of hydrogen-bond acceptors (Lipinski definition) is 0. The van der Waals surface area contributed by atoms with Crippen molar-refractivity contribution in [3.05, 3.63) is 0 Å². The maximum absolute atomic E-state index is 2.51. The van der Waals surface area contributed by atoms with E-state index in [1.165, 1.54) is 0 Å². The summed E-state index contributed by atoms with van der Waals surface area (Å²) >= 11 is 0. The minimum atomic E-state index is -0.752. The Morgan fingerprint density at radius 2 is 1.85 bits per heavy atom. The van der Waals surface area contributed by atoms with Crippen LogP contribution in [0.2, 0.25) is 25.7 Å². The van der Waals surface area contributed by atoms with Crippen molar-refractivity contribution < 1.29 is 0 Å². The number of rotatable bonds is 3. The van der Waals surface area contributed by atoms with Crippen molar-refractivity contribution in [1.29, 1.82) is 0 Å². The maximum atomic E-state index is 2.51. The van der Waals surface area contributed by atoms with Gasteiger partial charge in [-0.15, -0.1) is 0 Å². The van der Waals surface area contributed by atoms with Crippen molar-refractivity contribution >= 4 is 8.07 Å². The molecule has 3 atom stereocenters. The zero-order valence-electron chi connectivity index (χ0n) is 9.47. The zero-order valence-corrected chi connectivity index (χ0v) is 10.5. The number of fused-ring (bicyclic) bond motifs is 2. The van der Waals surface area contributed by atoms with Gasteiger partial charge in [-0.05, 0) is 37.0 Å². The van der Waals surface area contributed by atoms with Crippen LogP contribution >= 0.6 is 0 Å². The quantitative estimate of drug-likeness (QED) is 0.595. The molecule has 1 heteroatoms. The standard InChI is InChI=1S/C12H24Si/c1-13(2,3)7-6-12-9-10-4-5-11(12)8-10/h10-12H,4-9H2,1-3H3. The second kappa shape index (κ2) is 3.41. The van der Waals surface area contributed by atoms with Gasteiger partial charge in [0.15, 0.2) is 0 Å². The predicted octanol–water partition coefficient (Wildman–Crippen LogP) is 4.15. The predicted molar refractivity (Wildman–Crippen MR) is 61.7 cm³/mol. The van der Waals surface area contributed by atoms with E-state index < -0.39 is 8.07 Å². The minimum absolute atomic E-state index is 0.752. The molecule has 2 saturated carbocycles. The van der Waals surface area contributed by atoms with Crippen LogP contribution in [-0.4, -0.2) is 8.07 Å². The highest BCUT2D eigenvalue weighted by atomic mass is 28.3. The topological polar surface area (TPSA) is 0 Å². The first-order valence-electron chi connectivity index (χ1n) is 6.04. The van der Waals surface area contributed by atoms with Gasteiger partial charge >= 0.3 is 0 Å². The van der Waals surface area contributed by atoms with Gasteiger partial charge < -0.3 is 0 Å². The molecule has 13 heavy (non-hydrogen) atoms. The SMILES string of the molecule is C[Si](C)(C)CCC1CC2CCC1C2. The van der Waals surface area contributed by atoms with Crippen molar-refractivity contribution in [2.45, 2.75) is 57.8 Å². The van der Waals surface area contributed by atoms with Crippen LogP contribution in [-0.2, 0) is 0 Å². The van der Waals surface area contributed by atoms with Gasteiger partial charge in [-0.25, -0.2) is 0 Å². The lowest BCUT2D eigenvalue weighted by molar-refractivity contribution is 0.323. The van der Waals surface area contributed by atoms with E-state index in [-0.39, 0.29) is 0 Å². The molecule has 0 aromatic rings. The highest BCUT2D eigenvalue weighted by Gasteiger charge is 2.39. The molecule has 76 valence electrons. The molecular weight excluding hydrogens is 172 g/mol. The Bertz CT molecular complexity index is 180. The highest BCUT2D eigenvalue weighted by molar-refractivity contribution is 6.76. The van der Waals surface area contributed by atoms with Gasteiger partial charge in [0.1, 0.15) is 0 Å². The summed E-state index contributed by atoms with van der Waals surface area (Å²) in [6.45, 7) is 7.54. The van der Waals surface area contributed by atoms with Crippen LogP contribution in [0.4, 0.5) is 0 Å². The van der Waals surface area contributed by atoms with Crippen LogP contribution in [0.3, 0.4) is 0 Å². The van der Waals surface area contributed by atoms with Crippen LogP contribution in [0.1, 0.15) is 32.1 Å². The second-order valence-corrected chi connectivity index (χ2v) is 12.2. The van der Waals surface area contributed by atoms with Crippen LogP contribution in [0.25, 0.3) is 0 Å². The Kier molecular flexibility index (Phi) is 2.56. The van der Waals surface area contributed by atoms with Crippen molar-refractivity contribution in [1.82, 2.24) is 0 Å². The summed E-state index contributed by atoms with van der Waals surface area (Å²) in [6.07, 6.45) is 7.89. The van der Waals surface area contributed by atoms with Crippen LogP contribution in [0, 0.1) is 17.8 Å². The van der Waals surface area contributed by atoms with Gasteiger partial charge in [0.05, 0.1) is 0 Å². The molecule has 0 amide bonds. The maximum Gasteiger partial charge on any atom is 0.0442 e. The lowest BCUT2D eigenvalue weighted by Gasteiger charge is -2.25. The molecule has 3 unspecified atom stereocenters. The van der Waals surface area contributed by atoms with E-state index in [9.17, 15) is 0 Å². The van der Waals surface area contributed by atoms with E-state index in [1.807, 2.05) is 0 Å². The molecule has 0 nitrogen and oxygen atoms in total. The Morgan fingerprint density at radius 1 is 1.08 bits per heavy atom. The third-order valence-electron chi connectivity index (χ3n) is 4.15. The molecule has 2 fully saturated rings. The zero-order chi connectivity index (χ0) is 9.47. The normalized spacial score (nSPS) is 38.5. The third-order valence-corrected chi connectivity index (χ3v) is 5.94. The smallest absolute Gasteiger partial charge is 0.0442 e. The fraction of sp³-hybridized carbons (Fsp3) is 1.00. The molecule has 0 spiro atoms. The fourth-order valence-corrected chi connectivity index (χ4v) is 4.59. The van der Waals surface area contributed by atoms with Gasteiger partial charge in [-0.2, -0.15) is 0 Å². The lowest BCUT2D eigenvalue weighted by Crippen LogP contribution is -2.22.